The van der Waals surface area contributed by atoms with E-state index in [1.165, 1.54) is 11.5 Å². The molecule has 3 N–H and O–H groups in total. The second-order valence-electron chi connectivity index (χ2n) is 7.95. The van der Waals surface area contributed by atoms with Crippen LogP contribution >= 0.6 is 23.3 Å². The van der Waals surface area contributed by atoms with E-state index in [1.54, 1.807) is 46.9 Å². The number of hydrogen-bond donors (Lipinski definition) is 3. The molecule has 4 rings (SSSR count). The number of rotatable bonds is 11. The Labute approximate surface area is 223 Å². The third kappa shape index (κ3) is 5.66. The highest BCUT2D eigenvalue weighted by Crippen LogP contribution is 2.45. The van der Waals surface area contributed by atoms with Crippen LogP contribution < -0.4 is 29.1 Å². The van der Waals surface area contributed by atoms with Gasteiger partial charge in [0.2, 0.25) is 11.7 Å². The van der Waals surface area contributed by atoms with Crippen molar-refractivity contribution in [2.24, 2.45) is 0 Å². The molecule has 4 aromatic rings. The van der Waals surface area contributed by atoms with Crippen LogP contribution in [0.5, 0.6) is 23.0 Å². The number of benzene rings is 2. The summed E-state index contributed by atoms with van der Waals surface area (Å²) in [5.41, 5.74) is 3.96. The van der Waals surface area contributed by atoms with Crippen molar-refractivity contribution in [1.29, 1.82) is 0 Å². The van der Waals surface area contributed by atoms with E-state index in [0.29, 0.717) is 35.1 Å². The average Bonchev–Trinajstić information content (AvgIpc) is 3.63. The van der Waals surface area contributed by atoms with Gasteiger partial charge in [-0.15, -0.1) is 0 Å². The van der Waals surface area contributed by atoms with Gasteiger partial charge in [0, 0.05) is 35.6 Å². The molecule has 0 aliphatic carbocycles. The van der Waals surface area contributed by atoms with Gasteiger partial charge < -0.3 is 29.2 Å². The third-order valence-electron chi connectivity index (χ3n) is 5.80. The van der Waals surface area contributed by atoms with Crippen LogP contribution in [0.15, 0.2) is 54.9 Å². The summed E-state index contributed by atoms with van der Waals surface area (Å²) in [7, 11) is 6.26. The first-order valence-electron chi connectivity index (χ1n) is 11.3. The Kier molecular flexibility index (Phi) is 8.54. The van der Waals surface area contributed by atoms with Crippen molar-refractivity contribution in [3.05, 3.63) is 60.6 Å². The molecule has 0 aliphatic heterocycles. The molecule has 1 atom stereocenters. The Bertz CT molecular complexity index is 1330. The van der Waals surface area contributed by atoms with Crippen LogP contribution in [0.4, 0.5) is 5.69 Å². The molecule has 11 heteroatoms. The van der Waals surface area contributed by atoms with Crippen molar-refractivity contribution in [3.63, 3.8) is 0 Å². The lowest BCUT2D eigenvalue weighted by molar-refractivity contribution is -0.117. The fourth-order valence-electron chi connectivity index (χ4n) is 3.95. The van der Waals surface area contributed by atoms with E-state index in [1.807, 2.05) is 36.4 Å². The van der Waals surface area contributed by atoms with Crippen LogP contribution in [-0.4, -0.2) is 49.7 Å². The van der Waals surface area contributed by atoms with Crippen LogP contribution in [-0.2, 0) is 11.2 Å². The second-order valence-corrected chi connectivity index (χ2v) is 8.97. The normalized spacial score (nSPS) is 11.6. The van der Waals surface area contributed by atoms with Crippen molar-refractivity contribution in [1.82, 2.24) is 14.2 Å². The Balaban J connectivity index is 1.68. The number of nitrogens with zero attached hydrogens (tertiary/aromatic N) is 1. The van der Waals surface area contributed by atoms with Gasteiger partial charge in [-0.2, -0.15) is 4.37 Å². The molecule has 0 saturated heterocycles. The third-order valence-corrected chi connectivity index (χ3v) is 6.91. The summed E-state index contributed by atoms with van der Waals surface area (Å²) in [4.78, 5) is 19.6. The minimum absolute atomic E-state index is 0.298. The van der Waals surface area contributed by atoms with Crippen molar-refractivity contribution >= 4 is 34.9 Å². The van der Waals surface area contributed by atoms with Crippen LogP contribution in [0.3, 0.4) is 0 Å². The molecule has 0 spiro atoms. The number of aromatic amines is 1. The number of carbonyl (C=O) groups excluding carboxylic acids is 1. The molecule has 194 valence electrons. The fraction of sp³-hybridized carbons (Fsp3) is 0.231. The summed E-state index contributed by atoms with van der Waals surface area (Å²) in [6.45, 7) is 0. The van der Waals surface area contributed by atoms with Crippen LogP contribution in [0, 0.1) is 0 Å². The van der Waals surface area contributed by atoms with Gasteiger partial charge in [-0.3, -0.25) is 4.79 Å². The molecule has 0 unspecified atom stereocenters. The van der Waals surface area contributed by atoms with E-state index in [4.69, 9.17) is 30.7 Å². The van der Waals surface area contributed by atoms with Crippen molar-refractivity contribution < 1.29 is 23.7 Å². The standard InChI is InChI=1S/C26H27ClN4O5S/c1-33-21-8-7-15(10-19(21)30-26(32)20(31-27)13-17-6-5-9-28-17)18-14-29-37-25(18)16-11-22(34-2)24(36-4)23(12-16)35-3/h5-12,14,20,28,31H,13H2,1-4H3,(H,30,32)/t20-/m0/s1. The molecule has 1 amide bonds. The van der Waals surface area contributed by atoms with Crippen molar-refractivity contribution in [3.8, 4) is 44.6 Å². The number of hydrogen-bond acceptors (Lipinski definition) is 8. The van der Waals surface area contributed by atoms with Crippen molar-refractivity contribution in [2.45, 2.75) is 12.5 Å². The highest BCUT2D eigenvalue weighted by molar-refractivity contribution is 7.10. The fourth-order valence-corrected chi connectivity index (χ4v) is 4.89. The largest absolute Gasteiger partial charge is 0.495 e. The molecule has 2 heterocycles. The Morgan fingerprint density at radius 1 is 1.00 bits per heavy atom. The Morgan fingerprint density at radius 2 is 1.73 bits per heavy atom. The molecule has 0 radical (unpaired) electrons. The number of carbonyl (C=O) groups is 1. The number of H-pyrrole nitrogens is 1. The number of anilines is 1. The zero-order valence-corrected chi connectivity index (χ0v) is 22.3. The van der Waals surface area contributed by atoms with E-state index >= 15 is 0 Å². The molecule has 37 heavy (non-hydrogen) atoms. The maximum Gasteiger partial charge on any atom is 0.243 e. The molecular formula is C26H27ClN4O5S. The van der Waals surface area contributed by atoms with Gasteiger partial charge in [0.1, 0.15) is 11.8 Å². The Hall–Kier alpha value is -3.73. The molecule has 0 aliphatic rings. The smallest absolute Gasteiger partial charge is 0.243 e. The highest BCUT2D eigenvalue weighted by atomic mass is 35.5. The SMILES string of the molecule is COc1ccc(-c2cnsc2-c2cc(OC)c(OC)c(OC)c2)cc1NC(=O)[C@H](Cc1ccc[nH]1)NCl. The zero-order chi connectivity index (χ0) is 26.4. The zero-order valence-electron chi connectivity index (χ0n) is 20.8. The minimum atomic E-state index is -0.661. The molecule has 2 aromatic carbocycles. The molecule has 2 aromatic heterocycles. The topological polar surface area (TPSA) is 107 Å². The first-order valence-corrected chi connectivity index (χ1v) is 12.4. The summed E-state index contributed by atoms with van der Waals surface area (Å²) >= 11 is 7.24. The maximum atomic E-state index is 13.0. The number of ether oxygens (including phenoxy) is 4. The second kappa shape index (κ2) is 12.0. The van der Waals surface area contributed by atoms with Gasteiger partial charge in [-0.05, 0) is 65.3 Å². The monoisotopic (exact) mass is 542 g/mol. The number of nitrogens with one attached hydrogen (secondary N) is 3. The summed E-state index contributed by atoms with van der Waals surface area (Å²) in [5, 5.41) is 2.94. The minimum Gasteiger partial charge on any atom is -0.495 e. The number of methoxy groups -OCH3 is 4. The predicted octanol–water partition coefficient (Wildman–Crippen LogP) is 5.13. The molecular weight excluding hydrogens is 516 g/mol. The van der Waals surface area contributed by atoms with Crippen molar-refractivity contribution in [2.75, 3.05) is 33.8 Å². The lowest BCUT2D eigenvalue weighted by atomic mass is 10.0. The van der Waals surface area contributed by atoms with E-state index in [-0.39, 0.29) is 5.91 Å². The van der Waals surface area contributed by atoms with E-state index in [9.17, 15) is 4.79 Å². The first-order chi connectivity index (χ1) is 18.0. The van der Waals surface area contributed by atoms with Gasteiger partial charge in [0.15, 0.2) is 11.5 Å². The predicted molar refractivity (Wildman–Crippen MR) is 145 cm³/mol. The number of aromatic nitrogens is 2. The maximum absolute atomic E-state index is 13.0. The number of halogens is 1. The van der Waals surface area contributed by atoms with E-state index < -0.39 is 6.04 Å². The Morgan fingerprint density at radius 3 is 2.32 bits per heavy atom. The highest BCUT2D eigenvalue weighted by Gasteiger charge is 2.22. The van der Waals surface area contributed by atoms with Gasteiger partial charge in [0.25, 0.3) is 0 Å². The molecule has 9 nitrogen and oxygen atoms in total. The summed E-state index contributed by atoms with van der Waals surface area (Å²) in [6.07, 6.45) is 3.97. The molecule has 0 fully saturated rings. The summed E-state index contributed by atoms with van der Waals surface area (Å²) in [5.74, 6) is 1.81. The quantitative estimate of drug-likeness (QED) is 0.225. The summed E-state index contributed by atoms with van der Waals surface area (Å²) in [6, 6.07) is 12.4. The molecule has 0 bridgehead atoms. The van der Waals surface area contributed by atoms with E-state index in [2.05, 4.69) is 19.5 Å². The average molecular weight is 543 g/mol. The van der Waals surface area contributed by atoms with Gasteiger partial charge in [-0.1, -0.05) is 6.07 Å². The van der Waals surface area contributed by atoms with Crippen LogP contribution in [0.25, 0.3) is 21.6 Å². The van der Waals surface area contributed by atoms with Crippen LogP contribution in [0.1, 0.15) is 5.69 Å². The van der Waals surface area contributed by atoms with Gasteiger partial charge in [-0.25, -0.2) is 4.84 Å². The summed E-state index contributed by atoms with van der Waals surface area (Å²) < 4.78 is 26.4. The lowest BCUT2D eigenvalue weighted by Crippen LogP contribution is -2.37. The first kappa shape index (κ1) is 26.3. The van der Waals surface area contributed by atoms with Gasteiger partial charge in [0.05, 0.1) is 39.0 Å². The van der Waals surface area contributed by atoms with Crippen LogP contribution in [0.2, 0.25) is 0 Å². The molecule has 0 saturated carbocycles. The lowest BCUT2D eigenvalue weighted by Gasteiger charge is -2.17. The number of amides is 1. The van der Waals surface area contributed by atoms with Gasteiger partial charge >= 0.3 is 0 Å². The van der Waals surface area contributed by atoms with E-state index in [0.717, 1.165) is 27.3 Å².